The molecule has 0 aromatic heterocycles. The van der Waals surface area contributed by atoms with Gasteiger partial charge in [-0.25, -0.2) is 0 Å². The Morgan fingerprint density at radius 2 is 1.92 bits per heavy atom. The fourth-order valence-corrected chi connectivity index (χ4v) is 3.67. The molecule has 24 heavy (non-hydrogen) atoms. The lowest BCUT2D eigenvalue weighted by Gasteiger charge is -2.29. The first kappa shape index (κ1) is 18.3. The Hall–Kier alpha value is -2.01. The molecule has 0 fully saturated rings. The predicted octanol–water partition coefficient (Wildman–Crippen LogP) is 3.84. The number of carbonyl (C=O) groups is 2. The Morgan fingerprint density at radius 1 is 1.25 bits per heavy atom. The van der Waals surface area contributed by atoms with E-state index in [-0.39, 0.29) is 11.8 Å². The van der Waals surface area contributed by atoms with Crippen LogP contribution in [0.5, 0.6) is 0 Å². The van der Waals surface area contributed by atoms with Crippen molar-refractivity contribution >= 4 is 29.3 Å². The van der Waals surface area contributed by atoms with Gasteiger partial charge >= 0.3 is 0 Å². The monoisotopic (exact) mass is 344 g/mol. The molecular formula is C19H24N2O2S. The van der Waals surface area contributed by atoms with Gasteiger partial charge in [-0.3, -0.25) is 9.59 Å². The maximum atomic E-state index is 12.8. The third-order valence-corrected chi connectivity index (χ3v) is 4.77. The van der Waals surface area contributed by atoms with Gasteiger partial charge in [-0.05, 0) is 25.0 Å². The van der Waals surface area contributed by atoms with Crippen LogP contribution in [0.25, 0.3) is 0 Å². The highest BCUT2D eigenvalue weighted by molar-refractivity contribution is 8.04. The molecule has 0 bridgehead atoms. The van der Waals surface area contributed by atoms with Gasteiger partial charge in [0.15, 0.2) is 0 Å². The summed E-state index contributed by atoms with van der Waals surface area (Å²) in [6.45, 7) is 9.67. The van der Waals surface area contributed by atoms with Crippen LogP contribution in [0, 0.1) is 0 Å². The number of hydrogen-bond acceptors (Lipinski definition) is 3. The number of hydrogen-bond donors (Lipinski definition) is 0. The summed E-state index contributed by atoms with van der Waals surface area (Å²) in [5.74, 6) is -0.229. The lowest BCUT2D eigenvalue weighted by atomic mass is 10.2. The van der Waals surface area contributed by atoms with Crippen molar-refractivity contribution in [2.24, 2.45) is 0 Å². The molecule has 1 aliphatic heterocycles. The normalized spacial score (nSPS) is 15.3. The second-order valence-corrected chi connectivity index (χ2v) is 6.69. The summed E-state index contributed by atoms with van der Waals surface area (Å²) >= 11 is 1.36. The summed E-state index contributed by atoms with van der Waals surface area (Å²) in [6, 6.07) is 7.74. The van der Waals surface area contributed by atoms with E-state index in [1.165, 1.54) is 17.8 Å². The molecule has 2 rings (SSSR count). The first-order valence-corrected chi connectivity index (χ1v) is 9.14. The van der Waals surface area contributed by atoms with Crippen molar-refractivity contribution in [3.63, 3.8) is 0 Å². The maximum Gasteiger partial charge on any atom is 0.265 e. The molecule has 0 aliphatic carbocycles. The van der Waals surface area contributed by atoms with Crippen molar-refractivity contribution in [2.75, 3.05) is 24.5 Å². The summed E-state index contributed by atoms with van der Waals surface area (Å²) < 4.78 is 0. The van der Waals surface area contributed by atoms with E-state index in [9.17, 15) is 9.59 Å². The third kappa shape index (κ3) is 4.09. The quantitative estimate of drug-likeness (QED) is 0.557. The van der Waals surface area contributed by atoms with Crippen LogP contribution in [0.1, 0.15) is 26.7 Å². The minimum Gasteiger partial charge on any atom is -0.339 e. The molecule has 4 nitrogen and oxygen atoms in total. The Labute approximate surface area is 148 Å². The van der Waals surface area contributed by atoms with E-state index in [1.807, 2.05) is 38.1 Å². The molecule has 1 aliphatic rings. The predicted molar refractivity (Wildman–Crippen MR) is 100 cm³/mol. The average Bonchev–Trinajstić information content (AvgIpc) is 2.58. The summed E-state index contributed by atoms with van der Waals surface area (Å²) in [5.41, 5.74) is 0.871. The third-order valence-electron chi connectivity index (χ3n) is 3.70. The molecule has 0 unspecified atom stereocenters. The Morgan fingerprint density at radius 3 is 2.54 bits per heavy atom. The van der Waals surface area contributed by atoms with Gasteiger partial charge in [0.25, 0.3) is 5.91 Å². The van der Waals surface area contributed by atoms with E-state index in [2.05, 4.69) is 6.58 Å². The highest BCUT2D eigenvalue weighted by Crippen LogP contribution is 2.41. The highest BCUT2D eigenvalue weighted by Gasteiger charge is 2.29. The van der Waals surface area contributed by atoms with Gasteiger partial charge in [0.2, 0.25) is 5.91 Å². The molecule has 1 aromatic rings. The Bertz CT molecular complexity index is 649. The fourth-order valence-electron chi connectivity index (χ4n) is 2.65. The molecule has 2 amide bonds. The van der Waals surface area contributed by atoms with Crippen LogP contribution in [0.4, 0.5) is 5.69 Å². The minimum absolute atomic E-state index is 0.0903. The van der Waals surface area contributed by atoms with Gasteiger partial charge in [0, 0.05) is 30.6 Å². The van der Waals surface area contributed by atoms with E-state index < -0.39 is 0 Å². The van der Waals surface area contributed by atoms with E-state index in [0.717, 1.165) is 23.4 Å². The number of amides is 2. The standard InChI is InChI=1S/C19H24N2O2S/c1-4-11-20(12-5-2)18(22)14-17-19(23)21(13-6-3)15-9-7-8-10-16(15)24-17/h6-10,14H,3-5,11-13H2,1-2H3/b17-14+. The van der Waals surface area contributed by atoms with Crippen LogP contribution < -0.4 is 4.90 Å². The van der Waals surface area contributed by atoms with Crippen molar-refractivity contribution in [2.45, 2.75) is 31.6 Å². The highest BCUT2D eigenvalue weighted by atomic mass is 32.2. The van der Waals surface area contributed by atoms with Crippen LogP contribution in [-0.2, 0) is 9.59 Å². The molecule has 0 saturated carbocycles. The van der Waals surface area contributed by atoms with Crippen molar-refractivity contribution in [1.82, 2.24) is 4.90 Å². The largest absolute Gasteiger partial charge is 0.339 e. The summed E-state index contributed by atoms with van der Waals surface area (Å²) in [7, 11) is 0. The summed E-state index contributed by atoms with van der Waals surface area (Å²) in [5, 5.41) is 0. The smallest absolute Gasteiger partial charge is 0.265 e. The molecule has 0 atom stereocenters. The molecule has 0 N–H and O–H groups in total. The van der Waals surface area contributed by atoms with E-state index in [0.29, 0.717) is 24.5 Å². The molecule has 0 spiro atoms. The first-order chi connectivity index (χ1) is 11.6. The zero-order valence-electron chi connectivity index (χ0n) is 14.3. The Balaban J connectivity index is 2.31. The molecule has 5 heteroatoms. The number of benzene rings is 1. The van der Waals surface area contributed by atoms with Crippen molar-refractivity contribution in [3.05, 3.63) is 47.9 Å². The van der Waals surface area contributed by atoms with Gasteiger partial charge in [-0.1, -0.05) is 43.8 Å². The molecular weight excluding hydrogens is 320 g/mol. The number of fused-ring (bicyclic) bond motifs is 1. The number of thioether (sulfide) groups is 1. The van der Waals surface area contributed by atoms with E-state index in [4.69, 9.17) is 0 Å². The molecule has 0 saturated heterocycles. The van der Waals surface area contributed by atoms with E-state index in [1.54, 1.807) is 15.9 Å². The lowest BCUT2D eigenvalue weighted by molar-refractivity contribution is -0.126. The minimum atomic E-state index is -0.139. The SMILES string of the molecule is C=CCN1C(=O)/C(=C\C(=O)N(CCC)CCC)Sc2ccccc21. The van der Waals surface area contributed by atoms with Crippen molar-refractivity contribution in [3.8, 4) is 0 Å². The first-order valence-electron chi connectivity index (χ1n) is 8.32. The fraction of sp³-hybridized carbons (Fsp3) is 0.368. The van der Waals surface area contributed by atoms with Crippen LogP contribution in [0.3, 0.4) is 0 Å². The van der Waals surface area contributed by atoms with Gasteiger partial charge in [-0.2, -0.15) is 0 Å². The van der Waals surface area contributed by atoms with Crippen LogP contribution >= 0.6 is 11.8 Å². The second-order valence-electron chi connectivity index (χ2n) is 5.61. The van der Waals surface area contributed by atoms with Gasteiger partial charge in [0.1, 0.15) is 0 Å². The molecule has 0 radical (unpaired) electrons. The van der Waals surface area contributed by atoms with Gasteiger partial charge in [0.05, 0.1) is 10.6 Å². The second kappa shape index (κ2) is 8.73. The van der Waals surface area contributed by atoms with Crippen LogP contribution in [0.15, 0.2) is 52.8 Å². The Kier molecular flexibility index (Phi) is 6.67. The topological polar surface area (TPSA) is 40.6 Å². The van der Waals surface area contributed by atoms with Gasteiger partial charge in [-0.15, -0.1) is 6.58 Å². The number of nitrogens with zero attached hydrogens (tertiary/aromatic N) is 2. The number of carbonyl (C=O) groups excluding carboxylic acids is 2. The molecule has 128 valence electrons. The van der Waals surface area contributed by atoms with E-state index >= 15 is 0 Å². The average molecular weight is 344 g/mol. The number of anilines is 1. The number of para-hydroxylation sites is 1. The summed E-state index contributed by atoms with van der Waals surface area (Å²) in [4.78, 5) is 30.3. The zero-order chi connectivity index (χ0) is 17.5. The van der Waals surface area contributed by atoms with Crippen molar-refractivity contribution in [1.29, 1.82) is 0 Å². The lowest BCUT2D eigenvalue weighted by Crippen LogP contribution is -2.36. The zero-order valence-corrected chi connectivity index (χ0v) is 15.1. The number of rotatable bonds is 7. The molecule has 1 aromatic carbocycles. The van der Waals surface area contributed by atoms with Crippen LogP contribution in [0.2, 0.25) is 0 Å². The van der Waals surface area contributed by atoms with Gasteiger partial charge < -0.3 is 9.80 Å². The van der Waals surface area contributed by atoms with Crippen molar-refractivity contribution < 1.29 is 9.59 Å². The molecule has 1 heterocycles. The summed E-state index contributed by atoms with van der Waals surface area (Å²) in [6.07, 6.45) is 5.00. The maximum absolute atomic E-state index is 12.8. The van der Waals surface area contributed by atoms with Crippen LogP contribution in [-0.4, -0.2) is 36.3 Å².